The summed E-state index contributed by atoms with van der Waals surface area (Å²) in [5.41, 5.74) is -0.728. The lowest BCUT2D eigenvalue weighted by Gasteiger charge is -2.15. The molecule has 1 N–H and O–H groups in total. The molecule has 7 heteroatoms. The number of carbonyl (C=O) groups is 1. The van der Waals surface area contributed by atoms with E-state index in [1.165, 1.54) is 25.1 Å². The van der Waals surface area contributed by atoms with Gasteiger partial charge in [0, 0.05) is 18.6 Å². The first-order valence-corrected chi connectivity index (χ1v) is 5.36. The van der Waals surface area contributed by atoms with Crippen molar-refractivity contribution in [1.82, 2.24) is 4.90 Å². The molecule has 0 heterocycles. The van der Waals surface area contributed by atoms with Crippen LogP contribution in [0.5, 0.6) is 0 Å². The second kappa shape index (κ2) is 4.95. The highest BCUT2D eigenvalue weighted by molar-refractivity contribution is 9.10. The first-order chi connectivity index (χ1) is 7.71. The predicted molar refractivity (Wildman–Crippen MR) is 61.8 cm³/mol. The number of nitrogens with zero attached hydrogens (tertiary/aromatic N) is 1. The second-order valence-corrected chi connectivity index (χ2v) is 4.37. The number of halogens is 4. The van der Waals surface area contributed by atoms with E-state index in [0.29, 0.717) is 4.47 Å². The Morgan fingerprint density at radius 2 is 1.94 bits per heavy atom. The van der Waals surface area contributed by atoms with Gasteiger partial charge < -0.3 is 10.2 Å². The first-order valence-electron chi connectivity index (χ1n) is 4.57. The van der Waals surface area contributed by atoms with E-state index in [1.807, 2.05) is 0 Å². The third-order valence-corrected chi connectivity index (χ3v) is 2.63. The highest BCUT2D eigenvalue weighted by Gasteiger charge is 2.31. The van der Waals surface area contributed by atoms with Crippen molar-refractivity contribution in [1.29, 1.82) is 0 Å². The summed E-state index contributed by atoms with van der Waals surface area (Å²) in [5.74, 6) is 0. The van der Waals surface area contributed by atoms with E-state index in [9.17, 15) is 18.0 Å². The minimum Gasteiger partial charge on any atom is -0.331 e. The zero-order chi connectivity index (χ0) is 13.2. The largest absolute Gasteiger partial charge is 0.416 e. The van der Waals surface area contributed by atoms with Crippen molar-refractivity contribution in [3.8, 4) is 0 Å². The molecular formula is C10H10BrF3N2O. The number of rotatable bonds is 1. The van der Waals surface area contributed by atoms with Crippen LogP contribution in [0.3, 0.4) is 0 Å². The van der Waals surface area contributed by atoms with Crippen LogP contribution in [-0.2, 0) is 6.18 Å². The van der Waals surface area contributed by atoms with Crippen LogP contribution in [0.1, 0.15) is 5.56 Å². The van der Waals surface area contributed by atoms with E-state index in [2.05, 4.69) is 21.2 Å². The second-order valence-electron chi connectivity index (χ2n) is 3.52. The molecule has 2 amide bonds. The number of amides is 2. The van der Waals surface area contributed by atoms with Gasteiger partial charge in [-0.3, -0.25) is 0 Å². The van der Waals surface area contributed by atoms with E-state index in [-0.39, 0.29) is 5.69 Å². The van der Waals surface area contributed by atoms with Gasteiger partial charge >= 0.3 is 12.2 Å². The lowest BCUT2D eigenvalue weighted by atomic mass is 10.2. The van der Waals surface area contributed by atoms with Crippen LogP contribution in [0.4, 0.5) is 23.7 Å². The molecule has 0 saturated carbocycles. The monoisotopic (exact) mass is 310 g/mol. The van der Waals surface area contributed by atoms with Gasteiger partial charge in [-0.2, -0.15) is 13.2 Å². The summed E-state index contributed by atoms with van der Waals surface area (Å²) in [6.07, 6.45) is -4.43. The number of carbonyl (C=O) groups excluding carboxylic acids is 1. The molecule has 0 unspecified atom stereocenters. The van der Waals surface area contributed by atoms with Crippen molar-refractivity contribution in [3.63, 3.8) is 0 Å². The Morgan fingerprint density at radius 1 is 1.35 bits per heavy atom. The van der Waals surface area contributed by atoms with Gasteiger partial charge in [0.15, 0.2) is 0 Å². The van der Waals surface area contributed by atoms with Crippen LogP contribution in [0.2, 0.25) is 0 Å². The number of anilines is 1. The SMILES string of the molecule is CN(C)C(=O)Nc1cc(C(F)(F)F)ccc1Br. The zero-order valence-corrected chi connectivity index (χ0v) is 10.7. The van der Waals surface area contributed by atoms with E-state index in [4.69, 9.17) is 0 Å². The Balaban J connectivity index is 3.03. The molecule has 1 rings (SSSR count). The molecular weight excluding hydrogens is 301 g/mol. The Morgan fingerprint density at radius 3 is 2.41 bits per heavy atom. The normalized spacial score (nSPS) is 11.2. The van der Waals surface area contributed by atoms with Crippen LogP contribution in [0.25, 0.3) is 0 Å². The molecule has 0 radical (unpaired) electrons. The minimum atomic E-state index is -4.43. The molecule has 0 spiro atoms. The van der Waals surface area contributed by atoms with Crippen LogP contribution in [0, 0.1) is 0 Å². The molecule has 0 aromatic heterocycles. The number of hydrogen-bond acceptors (Lipinski definition) is 1. The smallest absolute Gasteiger partial charge is 0.331 e. The van der Waals surface area contributed by atoms with E-state index >= 15 is 0 Å². The van der Waals surface area contributed by atoms with E-state index in [0.717, 1.165) is 12.1 Å². The van der Waals surface area contributed by atoms with Crippen molar-refractivity contribution >= 4 is 27.6 Å². The molecule has 94 valence electrons. The third-order valence-electron chi connectivity index (χ3n) is 1.94. The molecule has 3 nitrogen and oxygen atoms in total. The minimum absolute atomic E-state index is 0.0820. The molecule has 0 aliphatic carbocycles. The topological polar surface area (TPSA) is 32.3 Å². The van der Waals surface area contributed by atoms with Crippen LogP contribution in [-0.4, -0.2) is 25.0 Å². The van der Waals surface area contributed by atoms with E-state index in [1.54, 1.807) is 0 Å². The van der Waals surface area contributed by atoms with Gasteiger partial charge in [0.2, 0.25) is 0 Å². The maximum atomic E-state index is 12.5. The maximum Gasteiger partial charge on any atom is 0.416 e. The van der Waals surface area contributed by atoms with E-state index < -0.39 is 17.8 Å². The molecule has 1 aromatic carbocycles. The molecule has 1 aromatic rings. The third kappa shape index (κ3) is 3.62. The predicted octanol–water partition coefficient (Wildman–Crippen LogP) is 3.56. The highest BCUT2D eigenvalue weighted by Crippen LogP contribution is 2.33. The summed E-state index contributed by atoms with van der Waals surface area (Å²) >= 11 is 3.07. The maximum absolute atomic E-state index is 12.5. The summed E-state index contributed by atoms with van der Waals surface area (Å²) < 4.78 is 37.8. The van der Waals surface area contributed by atoms with Crippen molar-refractivity contribution in [3.05, 3.63) is 28.2 Å². The van der Waals surface area contributed by atoms with Crippen molar-refractivity contribution in [2.24, 2.45) is 0 Å². The number of benzene rings is 1. The van der Waals surface area contributed by atoms with Gasteiger partial charge in [0.25, 0.3) is 0 Å². The standard InChI is InChI=1S/C10H10BrF3N2O/c1-16(2)9(17)15-8-5-6(10(12,13)14)3-4-7(8)11/h3-5H,1-2H3,(H,15,17). The van der Waals surface area contributed by atoms with Gasteiger partial charge in [0.1, 0.15) is 0 Å². The van der Waals surface area contributed by atoms with Crippen LogP contribution in [0.15, 0.2) is 22.7 Å². The number of urea groups is 1. The zero-order valence-electron chi connectivity index (χ0n) is 9.10. The lowest BCUT2D eigenvalue weighted by Crippen LogP contribution is -2.27. The molecule has 0 aliphatic heterocycles. The van der Waals surface area contributed by atoms with Crippen LogP contribution < -0.4 is 5.32 Å². The molecule has 17 heavy (non-hydrogen) atoms. The number of nitrogens with one attached hydrogen (secondary N) is 1. The number of alkyl halides is 3. The highest BCUT2D eigenvalue weighted by atomic mass is 79.9. The summed E-state index contributed by atoms with van der Waals surface area (Å²) in [5, 5.41) is 2.36. The Hall–Kier alpha value is -1.24. The summed E-state index contributed by atoms with van der Waals surface area (Å²) in [4.78, 5) is 12.6. The quantitative estimate of drug-likeness (QED) is 0.845. The average Bonchev–Trinajstić information content (AvgIpc) is 2.19. The van der Waals surface area contributed by atoms with Gasteiger partial charge in [-0.05, 0) is 34.1 Å². The Kier molecular flexibility index (Phi) is 4.03. The fourth-order valence-corrected chi connectivity index (χ4v) is 1.37. The average molecular weight is 311 g/mol. The molecule has 0 fully saturated rings. The van der Waals surface area contributed by atoms with Crippen molar-refractivity contribution in [2.75, 3.05) is 19.4 Å². The van der Waals surface area contributed by atoms with Crippen molar-refractivity contribution < 1.29 is 18.0 Å². The Bertz CT molecular complexity index is 432. The van der Waals surface area contributed by atoms with Crippen molar-refractivity contribution in [2.45, 2.75) is 6.18 Å². The van der Waals surface area contributed by atoms with Crippen LogP contribution >= 0.6 is 15.9 Å². The fourth-order valence-electron chi connectivity index (χ4n) is 1.02. The van der Waals surface area contributed by atoms with Gasteiger partial charge in [-0.15, -0.1) is 0 Å². The molecule has 0 saturated heterocycles. The summed E-state index contributed by atoms with van der Waals surface area (Å²) in [7, 11) is 2.99. The molecule has 0 atom stereocenters. The number of hydrogen-bond donors (Lipinski definition) is 1. The molecule has 0 bridgehead atoms. The molecule has 0 aliphatic rings. The van der Waals surface area contributed by atoms with Gasteiger partial charge in [-0.25, -0.2) is 4.79 Å². The summed E-state index contributed by atoms with van der Waals surface area (Å²) in [6.45, 7) is 0. The Labute approximate surface area is 105 Å². The fraction of sp³-hybridized carbons (Fsp3) is 0.300. The summed E-state index contributed by atoms with van der Waals surface area (Å²) in [6, 6.07) is 2.57. The first kappa shape index (κ1) is 13.8. The lowest BCUT2D eigenvalue weighted by molar-refractivity contribution is -0.137. The van der Waals surface area contributed by atoms with Gasteiger partial charge in [-0.1, -0.05) is 0 Å². The van der Waals surface area contributed by atoms with Gasteiger partial charge in [0.05, 0.1) is 11.3 Å².